The molecule has 2 aromatic heterocycles. The molecule has 1 atom stereocenters. The summed E-state index contributed by atoms with van der Waals surface area (Å²) in [7, 11) is 0. The van der Waals surface area contributed by atoms with Gasteiger partial charge < -0.3 is 11.1 Å². The van der Waals surface area contributed by atoms with Gasteiger partial charge in [-0.3, -0.25) is 0 Å². The Morgan fingerprint density at radius 3 is 2.69 bits per heavy atom. The molecule has 0 saturated carbocycles. The SMILES string of the molecule is Cc1ccc(C(C)Nc2ccc(N)nc2)s1. The largest absolute Gasteiger partial charge is 0.384 e. The number of thiophene rings is 1. The van der Waals surface area contributed by atoms with E-state index >= 15 is 0 Å². The molecule has 0 aliphatic heterocycles. The number of aromatic nitrogens is 1. The van der Waals surface area contributed by atoms with Crippen LogP contribution in [0, 0.1) is 6.92 Å². The van der Waals surface area contributed by atoms with Gasteiger partial charge in [0.25, 0.3) is 0 Å². The third-order valence-electron chi connectivity index (χ3n) is 2.36. The lowest BCUT2D eigenvalue weighted by atomic mass is 10.2. The highest BCUT2D eigenvalue weighted by atomic mass is 32.1. The molecule has 3 N–H and O–H groups in total. The van der Waals surface area contributed by atoms with Gasteiger partial charge in [0.1, 0.15) is 5.82 Å². The van der Waals surface area contributed by atoms with Crippen LogP contribution in [0.25, 0.3) is 0 Å². The fourth-order valence-corrected chi connectivity index (χ4v) is 2.38. The first-order valence-electron chi connectivity index (χ1n) is 5.19. The fraction of sp³-hybridized carbons (Fsp3) is 0.250. The highest BCUT2D eigenvalue weighted by Crippen LogP contribution is 2.25. The summed E-state index contributed by atoms with van der Waals surface area (Å²) in [6.45, 7) is 4.26. The van der Waals surface area contributed by atoms with E-state index in [0.29, 0.717) is 11.9 Å². The second-order valence-corrected chi connectivity index (χ2v) is 5.11. The lowest BCUT2D eigenvalue weighted by molar-refractivity contribution is 0.906. The maximum Gasteiger partial charge on any atom is 0.123 e. The summed E-state index contributed by atoms with van der Waals surface area (Å²) in [4.78, 5) is 6.71. The number of nitrogens with one attached hydrogen (secondary N) is 1. The van der Waals surface area contributed by atoms with Crippen LogP contribution in [0.2, 0.25) is 0 Å². The van der Waals surface area contributed by atoms with E-state index in [2.05, 4.69) is 36.3 Å². The normalized spacial score (nSPS) is 12.4. The number of rotatable bonds is 3. The van der Waals surface area contributed by atoms with E-state index in [1.54, 1.807) is 12.3 Å². The third kappa shape index (κ3) is 2.52. The number of nitrogen functional groups attached to an aromatic ring is 1. The van der Waals surface area contributed by atoms with Crippen molar-refractivity contribution in [1.82, 2.24) is 4.98 Å². The molecule has 84 valence electrons. The molecule has 2 rings (SSSR count). The molecule has 0 fully saturated rings. The molecule has 0 amide bonds. The number of hydrogen-bond acceptors (Lipinski definition) is 4. The van der Waals surface area contributed by atoms with Gasteiger partial charge in [0.2, 0.25) is 0 Å². The monoisotopic (exact) mass is 233 g/mol. The number of hydrogen-bond donors (Lipinski definition) is 2. The molecule has 0 bridgehead atoms. The smallest absolute Gasteiger partial charge is 0.123 e. The second kappa shape index (κ2) is 4.53. The van der Waals surface area contributed by atoms with Gasteiger partial charge in [0.05, 0.1) is 17.9 Å². The Morgan fingerprint density at radius 2 is 2.12 bits per heavy atom. The minimum absolute atomic E-state index is 0.295. The highest BCUT2D eigenvalue weighted by Gasteiger charge is 2.07. The topological polar surface area (TPSA) is 50.9 Å². The van der Waals surface area contributed by atoms with Crippen molar-refractivity contribution in [3.8, 4) is 0 Å². The Kier molecular flexibility index (Phi) is 3.10. The van der Waals surface area contributed by atoms with Crippen molar-refractivity contribution in [2.45, 2.75) is 19.9 Å². The zero-order chi connectivity index (χ0) is 11.5. The maximum atomic E-state index is 5.54. The molecule has 16 heavy (non-hydrogen) atoms. The van der Waals surface area contributed by atoms with Gasteiger partial charge in [-0.25, -0.2) is 4.98 Å². The average molecular weight is 233 g/mol. The van der Waals surface area contributed by atoms with Crippen molar-refractivity contribution in [3.05, 3.63) is 40.2 Å². The van der Waals surface area contributed by atoms with Crippen molar-refractivity contribution in [1.29, 1.82) is 0 Å². The van der Waals surface area contributed by atoms with Crippen LogP contribution in [0.1, 0.15) is 22.7 Å². The number of pyridine rings is 1. The summed E-state index contributed by atoms with van der Waals surface area (Å²) in [5, 5.41) is 3.39. The second-order valence-electron chi connectivity index (χ2n) is 3.79. The predicted molar refractivity (Wildman–Crippen MR) is 69.7 cm³/mol. The molecule has 2 aromatic rings. The van der Waals surface area contributed by atoms with Crippen LogP contribution in [-0.4, -0.2) is 4.98 Å². The first kappa shape index (κ1) is 11.0. The minimum Gasteiger partial charge on any atom is -0.384 e. The first-order valence-corrected chi connectivity index (χ1v) is 6.01. The highest BCUT2D eigenvalue weighted by molar-refractivity contribution is 7.12. The van der Waals surface area contributed by atoms with Gasteiger partial charge in [0, 0.05) is 9.75 Å². The predicted octanol–water partition coefficient (Wildman–Crippen LogP) is 3.21. The quantitative estimate of drug-likeness (QED) is 0.856. The Bertz CT molecular complexity index is 461. The van der Waals surface area contributed by atoms with Crippen LogP contribution in [0.5, 0.6) is 0 Å². The van der Waals surface area contributed by atoms with Crippen molar-refractivity contribution in [2.24, 2.45) is 0 Å². The number of nitrogens with zero attached hydrogens (tertiary/aromatic N) is 1. The van der Waals surface area contributed by atoms with E-state index < -0.39 is 0 Å². The van der Waals surface area contributed by atoms with Crippen LogP contribution in [0.4, 0.5) is 11.5 Å². The minimum atomic E-state index is 0.295. The van der Waals surface area contributed by atoms with E-state index in [9.17, 15) is 0 Å². The van der Waals surface area contributed by atoms with Crippen LogP contribution in [0.15, 0.2) is 30.5 Å². The Balaban J connectivity index is 2.07. The Morgan fingerprint density at radius 1 is 1.31 bits per heavy atom. The Hall–Kier alpha value is -1.55. The van der Waals surface area contributed by atoms with Crippen molar-refractivity contribution in [3.63, 3.8) is 0 Å². The molecule has 0 saturated heterocycles. The van der Waals surface area contributed by atoms with E-state index in [-0.39, 0.29) is 0 Å². The van der Waals surface area contributed by atoms with Crippen LogP contribution < -0.4 is 11.1 Å². The zero-order valence-corrected chi connectivity index (χ0v) is 10.2. The maximum absolute atomic E-state index is 5.54. The summed E-state index contributed by atoms with van der Waals surface area (Å²) in [6.07, 6.45) is 1.76. The first-order chi connectivity index (χ1) is 7.65. The summed E-state index contributed by atoms with van der Waals surface area (Å²) < 4.78 is 0. The summed E-state index contributed by atoms with van der Waals surface area (Å²) in [6, 6.07) is 8.33. The van der Waals surface area contributed by atoms with E-state index in [1.165, 1.54) is 9.75 Å². The number of anilines is 2. The fourth-order valence-electron chi connectivity index (χ4n) is 1.50. The van der Waals surface area contributed by atoms with Gasteiger partial charge >= 0.3 is 0 Å². The van der Waals surface area contributed by atoms with Gasteiger partial charge in [0.15, 0.2) is 0 Å². The van der Waals surface area contributed by atoms with Gasteiger partial charge in [-0.05, 0) is 38.1 Å². The van der Waals surface area contributed by atoms with Crippen LogP contribution >= 0.6 is 11.3 Å². The summed E-state index contributed by atoms with van der Waals surface area (Å²) >= 11 is 1.81. The van der Waals surface area contributed by atoms with E-state index in [1.807, 2.05) is 17.4 Å². The molecule has 4 heteroatoms. The average Bonchev–Trinajstić information content (AvgIpc) is 2.68. The van der Waals surface area contributed by atoms with Gasteiger partial charge in [-0.2, -0.15) is 0 Å². The standard InChI is InChI=1S/C12H15N3S/c1-8-3-5-11(16-8)9(2)15-10-4-6-12(13)14-7-10/h3-7,9,15H,1-2H3,(H2,13,14). The molecule has 0 aliphatic rings. The van der Waals surface area contributed by atoms with Gasteiger partial charge in [-0.1, -0.05) is 0 Å². The van der Waals surface area contributed by atoms with E-state index in [4.69, 9.17) is 5.73 Å². The van der Waals surface area contributed by atoms with E-state index in [0.717, 1.165) is 5.69 Å². The van der Waals surface area contributed by atoms with Crippen molar-refractivity contribution in [2.75, 3.05) is 11.1 Å². The van der Waals surface area contributed by atoms with Crippen molar-refractivity contribution >= 4 is 22.8 Å². The molecule has 0 spiro atoms. The summed E-state index contributed by atoms with van der Waals surface area (Å²) in [5.41, 5.74) is 6.53. The molecule has 0 radical (unpaired) electrons. The van der Waals surface area contributed by atoms with Crippen LogP contribution in [-0.2, 0) is 0 Å². The molecular formula is C12H15N3S. The lowest BCUT2D eigenvalue weighted by Gasteiger charge is -2.13. The third-order valence-corrected chi connectivity index (χ3v) is 3.54. The summed E-state index contributed by atoms with van der Waals surface area (Å²) in [5.74, 6) is 0.546. The molecular weight excluding hydrogens is 218 g/mol. The molecule has 1 unspecified atom stereocenters. The zero-order valence-electron chi connectivity index (χ0n) is 9.40. The number of aryl methyl sites for hydroxylation is 1. The lowest BCUT2D eigenvalue weighted by Crippen LogP contribution is -2.05. The van der Waals surface area contributed by atoms with Gasteiger partial charge in [-0.15, -0.1) is 11.3 Å². The van der Waals surface area contributed by atoms with Crippen LogP contribution in [0.3, 0.4) is 0 Å². The molecule has 0 aliphatic carbocycles. The Labute approximate surface area is 99.3 Å². The molecule has 0 aromatic carbocycles. The molecule has 2 heterocycles. The van der Waals surface area contributed by atoms with Crippen molar-refractivity contribution < 1.29 is 0 Å². The molecule has 3 nitrogen and oxygen atoms in total. The number of nitrogens with two attached hydrogens (primary N) is 1.